The van der Waals surface area contributed by atoms with Crippen molar-refractivity contribution in [2.45, 2.75) is 4.90 Å². The summed E-state index contributed by atoms with van der Waals surface area (Å²) in [7, 11) is 0. The summed E-state index contributed by atoms with van der Waals surface area (Å²) in [6, 6.07) is 20.9. The molecule has 0 saturated heterocycles. The molecule has 0 amide bonds. The predicted octanol–water partition coefficient (Wildman–Crippen LogP) is 4.49. The van der Waals surface area contributed by atoms with E-state index < -0.39 is 0 Å². The first-order valence-electron chi connectivity index (χ1n) is 5.34. The smallest absolute Gasteiger partial charge is 0.0164 e. The van der Waals surface area contributed by atoms with Gasteiger partial charge in [-0.3, -0.25) is 0 Å². The number of benzene rings is 2. The van der Waals surface area contributed by atoms with Gasteiger partial charge < -0.3 is 0 Å². The van der Waals surface area contributed by atoms with E-state index in [1.807, 2.05) is 23.9 Å². The first kappa shape index (κ1) is 11.0. The minimum absolute atomic E-state index is 1.01. The van der Waals surface area contributed by atoms with Crippen LogP contribution in [0.15, 0.2) is 71.6 Å². The third-order valence-corrected chi connectivity index (χ3v) is 3.16. The van der Waals surface area contributed by atoms with Crippen LogP contribution in [0.2, 0.25) is 0 Å². The minimum atomic E-state index is 1.01. The molecule has 2 aromatic carbocycles. The summed E-state index contributed by atoms with van der Waals surface area (Å²) in [4.78, 5) is 1.32. The topological polar surface area (TPSA) is 0 Å². The molecule has 0 nitrogen and oxygen atoms in total. The molecule has 0 aromatic heterocycles. The van der Waals surface area contributed by atoms with Crippen molar-refractivity contribution in [2.75, 3.05) is 5.75 Å². The van der Waals surface area contributed by atoms with Crippen LogP contribution in [-0.4, -0.2) is 5.75 Å². The summed E-state index contributed by atoms with van der Waals surface area (Å²) < 4.78 is 0. The third kappa shape index (κ3) is 3.59. The van der Waals surface area contributed by atoms with Gasteiger partial charge in [0.05, 0.1) is 0 Å². The van der Waals surface area contributed by atoms with Gasteiger partial charge in [0.25, 0.3) is 0 Å². The quantitative estimate of drug-likeness (QED) is 0.692. The van der Waals surface area contributed by atoms with Gasteiger partial charge in [-0.2, -0.15) is 0 Å². The normalized spacial score (nSPS) is 10.8. The maximum absolute atomic E-state index is 2.20. The Morgan fingerprint density at radius 3 is 2.12 bits per heavy atom. The lowest BCUT2D eigenvalue weighted by Crippen LogP contribution is -1.73. The summed E-state index contributed by atoms with van der Waals surface area (Å²) in [6.07, 6.45) is 4.36. The van der Waals surface area contributed by atoms with Gasteiger partial charge in [0, 0.05) is 10.6 Å². The van der Waals surface area contributed by atoms with E-state index in [2.05, 4.69) is 60.7 Å². The van der Waals surface area contributed by atoms with Crippen molar-refractivity contribution in [1.29, 1.82) is 0 Å². The first-order chi connectivity index (χ1) is 7.95. The average Bonchev–Trinajstić information content (AvgIpc) is 2.37. The van der Waals surface area contributed by atoms with E-state index in [0.29, 0.717) is 0 Å². The summed E-state index contributed by atoms with van der Waals surface area (Å²) in [6.45, 7) is 0. The van der Waals surface area contributed by atoms with Crippen LogP contribution < -0.4 is 0 Å². The Bertz CT molecular complexity index is 432. The van der Waals surface area contributed by atoms with Gasteiger partial charge in [-0.15, -0.1) is 11.8 Å². The van der Waals surface area contributed by atoms with E-state index in [4.69, 9.17) is 0 Å². The number of hydrogen-bond acceptors (Lipinski definition) is 1. The molecule has 0 atom stereocenters. The van der Waals surface area contributed by atoms with E-state index >= 15 is 0 Å². The Labute approximate surface area is 101 Å². The zero-order chi connectivity index (χ0) is 11.1. The van der Waals surface area contributed by atoms with Crippen molar-refractivity contribution in [2.24, 2.45) is 0 Å². The van der Waals surface area contributed by atoms with Crippen LogP contribution in [0.3, 0.4) is 0 Å². The van der Waals surface area contributed by atoms with E-state index in [-0.39, 0.29) is 0 Å². The highest BCUT2D eigenvalue weighted by Gasteiger charge is 1.88. The van der Waals surface area contributed by atoms with Gasteiger partial charge >= 0.3 is 0 Å². The molecular weight excluding hydrogens is 212 g/mol. The third-order valence-electron chi connectivity index (χ3n) is 2.20. The molecule has 1 heteroatoms. The van der Waals surface area contributed by atoms with Crippen LogP contribution in [0.1, 0.15) is 5.56 Å². The summed E-state index contributed by atoms with van der Waals surface area (Å²) in [5.74, 6) is 1.01. The molecular formula is C15H14S. The zero-order valence-electron chi connectivity index (χ0n) is 9.04. The SMILES string of the molecule is C(=Cc1ccccc1)CSc1ccccc1. The van der Waals surface area contributed by atoms with Crippen LogP contribution in [0.5, 0.6) is 0 Å². The highest BCUT2D eigenvalue weighted by molar-refractivity contribution is 7.99. The number of rotatable bonds is 4. The number of thioether (sulfide) groups is 1. The Morgan fingerprint density at radius 2 is 1.44 bits per heavy atom. The van der Waals surface area contributed by atoms with Gasteiger partial charge in [0.15, 0.2) is 0 Å². The highest BCUT2D eigenvalue weighted by atomic mass is 32.2. The standard InChI is InChI=1S/C15H14S/c1-3-8-14(9-4-1)10-7-13-16-15-11-5-2-6-12-15/h1-12H,13H2. The fraction of sp³-hybridized carbons (Fsp3) is 0.0667. The minimum Gasteiger partial charge on any atom is -0.122 e. The van der Waals surface area contributed by atoms with E-state index in [9.17, 15) is 0 Å². The molecule has 80 valence electrons. The molecule has 0 saturated carbocycles. The predicted molar refractivity (Wildman–Crippen MR) is 72.6 cm³/mol. The van der Waals surface area contributed by atoms with E-state index in [0.717, 1.165) is 5.75 Å². The van der Waals surface area contributed by atoms with Crippen molar-refractivity contribution in [1.82, 2.24) is 0 Å². The maximum Gasteiger partial charge on any atom is 0.0164 e. The molecule has 2 aromatic rings. The van der Waals surface area contributed by atoms with E-state index in [1.54, 1.807) is 0 Å². The summed E-state index contributed by atoms with van der Waals surface area (Å²) in [5, 5.41) is 0. The first-order valence-corrected chi connectivity index (χ1v) is 6.33. The largest absolute Gasteiger partial charge is 0.122 e. The van der Waals surface area contributed by atoms with Crippen LogP contribution in [-0.2, 0) is 0 Å². The summed E-state index contributed by atoms with van der Waals surface area (Å²) in [5.41, 5.74) is 1.26. The molecule has 0 bridgehead atoms. The van der Waals surface area contributed by atoms with Gasteiger partial charge in [0.1, 0.15) is 0 Å². The van der Waals surface area contributed by atoms with Crippen molar-refractivity contribution < 1.29 is 0 Å². The molecule has 0 spiro atoms. The Balaban J connectivity index is 1.83. The van der Waals surface area contributed by atoms with Crippen LogP contribution >= 0.6 is 11.8 Å². The Kier molecular flexibility index (Phi) is 4.26. The second-order valence-electron chi connectivity index (χ2n) is 3.44. The molecule has 0 fully saturated rings. The number of hydrogen-bond donors (Lipinski definition) is 0. The van der Waals surface area contributed by atoms with Crippen molar-refractivity contribution in [3.63, 3.8) is 0 Å². The molecule has 0 heterocycles. The lowest BCUT2D eigenvalue weighted by atomic mass is 10.2. The van der Waals surface area contributed by atoms with Crippen molar-refractivity contribution >= 4 is 17.8 Å². The van der Waals surface area contributed by atoms with Gasteiger partial charge in [0.2, 0.25) is 0 Å². The molecule has 0 N–H and O–H groups in total. The molecule has 0 aliphatic carbocycles. The van der Waals surface area contributed by atoms with Crippen molar-refractivity contribution in [3.8, 4) is 0 Å². The molecule has 0 aliphatic rings. The van der Waals surface area contributed by atoms with Crippen molar-refractivity contribution in [3.05, 3.63) is 72.3 Å². The fourth-order valence-corrected chi connectivity index (χ4v) is 2.14. The molecule has 16 heavy (non-hydrogen) atoms. The highest BCUT2D eigenvalue weighted by Crippen LogP contribution is 2.17. The molecule has 2 rings (SSSR count). The van der Waals surface area contributed by atoms with E-state index in [1.165, 1.54) is 10.5 Å². The van der Waals surface area contributed by atoms with Crippen LogP contribution in [0.4, 0.5) is 0 Å². The molecule has 0 aliphatic heterocycles. The Morgan fingerprint density at radius 1 is 0.812 bits per heavy atom. The summed E-state index contributed by atoms with van der Waals surface area (Å²) >= 11 is 1.85. The van der Waals surface area contributed by atoms with Gasteiger partial charge in [-0.1, -0.05) is 60.7 Å². The van der Waals surface area contributed by atoms with Crippen LogP contribution in [0, 0.1) is 0 Å². The second kappa shape index (κ2) is 6.19. The Hall–Kier alpha value is -1.47. The van der Waals surface area contributed by atoms with Crippen LogP contribution in [0.25, 0.3) is 6.08 Å². The lowest BCUT2D eigenvalue weighted by Gasteiger charge is -1.96. The van der Waals surface area contributed by atoms with Gasteiger partial charge in [-0.05, 0) is 17.7 Å². The zero-order valence-corrected chi connectivity index (χ0v) is 9.86. The monoisotopic (exact) mass is 226 g/mol. The average molecular weight is 226 g/mol. The fourth-order valence-electron chi connectivity index (χ4n) is 1.41. The molecule has 0 radical (unpaired) electrons. The molecule has 0 unspecified atom stereocenters. The van der Waals surface area contributed by atoms with Gasteiger partial charge in [-0.25, -0.2) is 0 Å². The maximum atomic E-state index is 2.20. The second-order valence-corrected chi connectivity index (χ2v) is 4.53. The lowest BCUT2D eigenvalue weighted by molar-refractivity contribution is 1.46.